The van der Waals surface area contributed by atoms with Crippen LogP contribution < -0.4 is 10.6 Å². The SMILES string of the molecule is CC(C)c1cccc(C(C)C)c1Nc1nncc(Nc2ccc(C#N)cc2)n1. The summed E-state index contributed by atoms with van der Waals surface area (Å²) in [5.41, 5.74) is 4.93. The number of hydrogen-bond acceptors (Lipinski definition) is 6. The number of nitrogens with zero attached hydrogens (tertiary/aromatic N) is 4. The van der Waals surface area contributed by atoms with E-state index in [0.717, 1.165) is 11.4 Å². The van der Waals surface area contributed by atoms with Crippen LogP contribution in [0.25, 0.3) is 0 Å². The first-order chi connectivity index (χ1) is 13.5. The topological polar surface area (TPSA) is 86.5 Å². The Morgan fingerprint density at radius 2 is 1.54 bits per heavy atom. The van der Waals surface area contributed by atoms with Gasteiger partial charge in [0.25, 0.3) is 0 Å². The van der Waals surface area contributed by atoms with Crippen LogP contribution in [-0.2, 0) is 0 Å². The lowest BCUT2D eigenvalue weighted by Gasteiger charge is -2.20. The molecule has 0 unspecified atom stereocenters. The van der Waals surface area contributed by atoms with Crippen molar-refractivity contribution in [3.05, 3.63) is 65.4 Å². The van der Waals surface area contributed by atoms with Crippen molar-refractivity contribution in [2.45, 2.75) is 39.5 Å². The van der Waals surface area contributed by atoms with Crippen molar-refractivity contribution in [1.82, 2.24) is 15.2 Å². The van der Waals surface area contributed by atoms with Gasteiger partial charge in [0, 0.05) is 11.4 Å². The van der Waals surface area contributed by atoms with E-state index >= 15 is 0 Å². The molecule has 0 fully saturated rings. The highest BCUT2D eigenvalue weighted by atomic mass is 15.3. The first kappa shape index (κ1) is 19.3. The summed E-state index contributed by atoms with van der Waals surface area (Å²) >= 11 is 0. The van der Waals surface area contributed by atoms with Crippen molar-refractivity contribution in [2.75, 3.05) is 10.6 Å². The molecule has 28 heavy (non-hydrogen) atoms. The summed E-state index contributed by atoms with van der Waals surface area (Å²) in [6.07, 6.45) is 1.57. The smallest absolute Gasteiger partial charge is 0.249 e. The van der Waals surface area contributed by atoms with E-state index in [9.17, 15) is 0 Å². The van der Waals surface area contributed by atoms with Crippen LogP contribution in [0.2, 0.25) is 0 Å². The molecule has 0 bridgehead atoms. The zero-order valence-electron chi connectivity index (χ0n) is 16.6. The minimum atomic E-state index is 0.370. The van der Waals surface area contributed by atoms with Crippen LogP contribution in [0, 0.1) is 11.3 Å². The second-order valence-electron chi connectivity index (χ2n) is 7.23. The van der Waals surface area contributed by atoms with Crippen molar-refractivity contribution < 1.29 is 0 Å². The molecule has 6 nitrogen and oxygen atoms in total. The summed E-state index contributed by atoms with van der Waals surface area (Å²) in [7, 11) is 0. The van der Waals surface area contributed by atoms with Gasteiger partial charge in [-0.05, 0) is 47.2 Å². The summed E-state index contributed by atoms with van der Waals surface area (Å²) in [4.78, 5) is 4.55. The average Bonchev–Trinajstić information content (AvgIpc) is 2.68. The van der Waals surface area contributed by atoms with Gasteiger partial charge in [0.2, 0.25) is 5.95 Å². The molecule has 0 amide bonds. The Bertz CT molecular complexity index is 960. The average molecular weight is 372 g/mol. The number of anilines is 4. The van der Waals surface area contributed by atoms with Gasteiger partial charge in [-0.25, -0.2) is 0 Å². The summed E-state index contributed by atoms with van der Waals surface area (Å²) in [5, 5.41) is 23.7. The van der Waals surface area contributed by atoms with Crippen LogP contribution in [0.5, 0.6) is 0 Å². The van der Waals surface area contributed by atoms with Gasteiger partial charge >= 0.3 is 0 Å². The Kier molecular flexibility index (Phi) is 5.85. The van der Waals surface area contributed by atoms with Gasteiger partial charge in [-0.3, -0.25) is 0 Å². The Morgan fingerprint density at radius 3 is 2.11 bits per heavy atom. The van der Waals surface area contributed by atoms with Crippen LogP contribution in [0.4, 0.5) is 23.1 Å². The molecule has 0 aliphatic carbocycles. The lowest BCUT2D eigenvalue weighted by molar-refractivity contribution is 0.836. The van der Waals surface area contributed by atoms with Crippen molar-refractivity contribution in [3.8, 4) is 6.07 Å². The predicted molar refractivity (Wildman–Crippen MR) is 112 cm³/mol. The summed E-state index contributed by atoms with van der Waals surface area (Å²) < 4.78 is 0. The molecule has 6 heteroatoms. The highest BCUT2D eigenvalue weighted by Crippen LogP contribution is 2.33. The fraction of sp³-hybridized carbons (Fsp3) is 0.273. The van der Waals surface area contributed by atoms with E-state index in [1.54, 1.807) is 18.3 Å². The Hall–Kier alpha value is -3.46. The number of nitrogens with one attached hydrogen (secondary N) is 2. The van der Waals surface area contributed by atoms with Crippen molar-refractivity contribution in [1.29, 1.82) is 5.26 Å². The monoisotopic (exact) mass is 372 g/mol. The zero-order chi connectivity index (χ0) is 20.1. The Balaban J connectivity index is 1.88. The van der Waals surface area contributed by atoms with Crippen LogP contribution >= 0.6 is 0 Å². The van der Waals surface area contributed by atoms with E-state index < -0.39 is 0 Å². The third-order valence-electron chi connectivity index (χ3n) is 4.45. The van der Waals surface area contributed by atoms with Gasteiger partial charge in [-0.2, -0.15) is 15.3 Å². The Morgan fingerprint density at radius 1 is 0.893 bits per heavy atom. The molecule has 1 aromatic heterocycles. The molecule has 3 rings (SSSR count). The van der Waals surface area contributed by atoms with E-state index in [1.807, 2.05) is 12.1 Å². The van der Waals surface area contributed by atoms with Crippen molar-refractivity contribution in [2.24, 2.45) is 0 Å². The van der Waals surface area contributed by atoms with E-state index in [1.165, 1.54) is 11.1 Å². The Labute approximate surface area is 165 Å². The highest BCUT2D eigenvalue weighted by molar-refractivity contribution is 5.66. The molecule has 1 heterocycles. The molecular weight excluding hydrogens is 348 g/mol. The summed E-state index contributed by atoms with van der Waals surface area (Å²) in [6, 6.07) is 15.6. The largest absolute Gasteiger partial charge is 0.339 e. The second kappa shape index (κ2) is 8.49. The lowest BCUT2D eigenvalue weighted by atomic mass is 9.93. The maximum absolute atomic E-state index is 8.91. The molecule has 0 saturated heterocycles. The summed E-state index contributed by atoms with van der Waals surface area (Å²) in [6.45, 7) is 8.69. The maximum Gasteiger partial charge on any atom is 0.249 e. The first-order valence-corrected chi connectivity index (χ1v) is 9.34. The minimum Gasteiger partial charge on any atom is -0.339 e. The van der Waals surface area contributed by atoms with Gasteiger partial charge in [-0.15, -0.1) is 5.10 Å². The lowest BCUT2D eigenvalue weighted by Crippen LogP contribution is -2.07. The molecular formula is C22H24N6. The molecule has 0 spiro atoms. The molecule has 0 radical (unpaired) electrons. The standard InChI is InChI=1S/C22H24N6/c1-14(2)18-6-5-7-19(15(3)4)21(18)27-22-26-20(13-24-28-22)25-17-10-8-16(12-23)9-11-17/h5-11,13-15H,1-4H3,(H2,25,26,27,28). The molecule has 0 saturated carbocycles. The van der Waals surface area contributed by atoms with Gasteiger partial charge in [0.05, 0.1) is 17.8 Å². The van der Waals surface area contributed by atoms with Crippen molar-refractivity contribution >= 4 is 23.1 Å². The van der Waals surface area contributed by atoms with E-state index in [2.05, 4.69) is 77.8 Å². The third-order valence-corrected chi connectivity index (χ3v) is 4.45. The van der Waals surface area contributed by atoms with Crippen LogP contribution in [-0.4, -0.2) is 15.2 Å². The predicted octanol–water partition coefficient (Wildman–Crippen LogP) is 5.48. The molecule has 3 aromatic rings. The fourth-order valence-electron chi connectivity index (χ4n) is 3.00. The fourth-order valence-corrected chi connectivity index (χ4v) is 3.00. The number of aromatic nitrogens is 3. The van der Waals surface area contributed by atoms with Gasteiger partial charge in [-0.1, -0.05) is 45.9 Å². The molecule has 0 aliphatic rings. The van der Waals surface area contributed by atoms with Gasteiger partial charge in [0.1, 0.15) is 0 Å². The van der Waals surface area contributed by atoms with Gasteiger partial charge < -0.3 is 10.6 Å². The van der Waals surface area contributed by atoms with Gasteiger partial charge in [0.15, 0.2) is 5.82 Å². The molecule has 0 aliphatic heterocycles. The van der Waals surface area contributed by atoms with E-state index in [4.69, 9.17) is 5.26 Å². The van der Waals surface area contributed by atoms with E-state index in [0.29, 0.717) is 29.2 Å². The van der Waals surface area contributed by atoms with Crippen LogP contribution in [0.15, 0.2) is 48.7 Å². The highest BCUT2D eigenvalue weighted by Gasteiger charge is 2.15. The molecule has 2 aromatic carbocycles. The number of nitriles is 1. The molecule has 0 atom stereocenters. The van der Waals surface area contributed by atoms with Crippen molar-refractivity contribution in [3.63, 3.8) is 0 Å². The minimum absolute atomic E-state index is 0.370. The zero-order valence-corrected chi connectivity index (χ0v) is 16.6. The van der Waals surface area contributed by atoms with Crippen LogP contribution in [0.1, 0.15) is 56.2 Å². The molecule has 142 valence electrons. The quantitative estimate of drug-likeness (QED) is 0.596. The number of rotatable bonds is 6. The number of para-hydroxylation sites is 1. The third kappa shape index (κ3) is 4.44. The van der Waals surface area contributed by atoms with E-state index in [-0.39, 0.29) is 0 Å². The number of benzene rings is 2. The first-order valence-electron chi connectivity index (χ1n) is 9.34. The molecule has 2 N–H and O–H groups in total. The number of hydrogen-bond donors (Lipinski definition) is 2. The summed E-state index contributed by atoms with van der Waals surface area (Å²) in [5.74, 6) is 1.76. The normalized spacial score (nSPS) is 10.8. The second-order valence-corrected chi connectivity index (χ2v) is 7.23. The van der Waals surface area contributed by atoms with Crippen LogP contribution in [0.3, 0.4) is 0 Å². The maximum atomic E-state index is 8.91.